The highest BCUT2D eigenvalue weighted by Crippen LogP contribution is 2.27. The molecule has 1 aliphatic carbocycles. The van der Waals surface area contributed by atoms with Crippen LogP contribution in [0.25, 0.3) is 0 Å². The first kappa shape index (κ1) is 27.1. The lowest BCUT2D eigenvalue weighted by Gasteiger charge is -2.07. The Kier molecular flexibility index (Phi) is 21.1. The van der Waals surface area contributed by atoms with Gasteiger partial charge in [0.15, 0.2) is 0 Å². The van der Waals surface area contributed by atoms with Crippen molar-refractivity contribution in [2.45, 2.75) is 105 Å². The zero-order valence-corrected chi connectivity index (χ0v) is 17.9. The van der Waals surface area contributed by atoms with Crippen molar-refractivity contribution in [1.82, 2.24) is 0 Å². The molecule has 0 aliphatic heterocycles. The molecule has 3 heteroatoms. The number of hydrogen-bond acceptors (Lipinski definition) is 2. The van der Waals surface area contributed by atoms with Crippen molar-refractivity contribution in [2.75, 3.05) is 0 Å². The van der Waals surface area contributed by atoms with Crippen molar-refractivity contribution in [3.8, 4) is 0 Å². The van der Waals surface area contributed by atoms with Crippen LogP contribution in [0, 0.1) is 11.8 Å². The number of rotatable bonds is 10. The van der Waals surface area contributed by atoms with Crippen LogP contribution >= 0.6 is 0 Å². The molecule has 0 bridgehead atoms. The molecular formula is C23H44O3. The summed E-state index contributed by atoms with van der Waals surface area (Å²) < 4.78 is 0. The first-order valence-electron chi connectivity index (χ1n) is 10.7. The standard InChI is InChI=1S/C14H26O.C7H12O2.C2H6/c1-3-4-5-6-12(2)7-8-13-9-10-14(15)11-13;1-2-3-4-5-6-7(8)9;1-2/h7-8,12-15H,3-6,9-11H2,1-2H3;2-3H,4-6H2,1H3,(H,8,9);1-2H3/b8-7+;3-2-;. The summed E-state index contributed by atoms with van der Waals surface area (Å²) in [6.45, 7) is 10.5. The topological polar surface area (TPSA) is 57.5 Å². The molecular weight excluding hydrogens is 324 g/mol. The van der Waals surface area contributed by atoms with Gasteiger partial charge in [-0.25, -0.2) is 0 Å². The van der Waals surface area contributed by atoms with E-state index in [-0.39, 0.29) is 12.5 Å². The quantitative estimate of drug-likeness (QED) is 0.331. The Morgan fingerprint density at radius 2 is 1.88 bits per heavy atom. The number of carboxylic acid groups (broad SMARTS) is 1. The van der Waals surface area contributed by atoms with Gasteiger partial charge in [-0.1, -0.05) is 71.3 Å². The van der Waals surface area contributed by atoms with Crippen LogP contribution < -0.4 is 0 Å². The van der Waals surface area contributed by atoms with Gasteiger partial charge in [0.1, 0.15) is 0 Å². The van der Waals surface area contributed by atoms with E-state index in [0.717, 1.165) is 25.7 Å². The molecule has 1 rings (SSSR count). The van der Waals surface area contributed by atoms with Crippen LogP contribution in [0.3, 0.4) is 0 Å². The molecule has 1 saturated carbocycles. The maximum absolute atomic E-state index is 9.94. The van der Waals surface area contributed by atoms with Gasteiger partial charge in [0, 0.05) is 6.42 Å². The van der Waals surface area contributed by atoms with E-state index in [0.29, 0.717) is 11.8 Å². The van der Waals surface area contributed by atoms with Crippen LogP contribution in [0.1, 0.15) is 98.8 Å². The van der Waals surface area contributed by atoms with Crippen molar-refractivity contribution in [1.29, 1.82) is 0 Å². The molecule has 3 nitrogen and oxygen atoms in total. The number of allylic oxidation sites excluding steroid dienone is 4. The van der Waals surface area contributed by atoms with E-state index < -0.39 is 5.97 Å². The van der Waals surface area contributed by atoms with E-state index in [1.165, 1.54) is 32.1 Å². The SMILES string of the molecule is C/C=C\CCCC(=O)O.CC.CCCCCC(C)/C=C/C1CCC(O)C1. The molecule has 154 valence electrons. The molecule has 0 aromatic carbocycles. The molecule has 0 saturated heterocycles. The Hall–Kier alpha value is -1.09. The van der Waals surface area contributed by atoms with Gasteiger partial charge in [0.05, 0.1) is 6.10 Å². The summed E-state index contributed by atoms with van der Waals surface area (Å²) in [5.41, 5.74) is 0. The van der Waals surface area contributed by atoms with E-state index in [2.05, 4.69) is 26.0 Å². The number of aliphatic hydroxyl groups excluding tert-OH is 1. The fraction of sp³-hybridized carbons (Fsp3) is 0.783. The number of hydrogen-bond donors (Lipinski definition) is 2. The molecule has 0 spiro atoms. The van der Waals surface area contributed by atoms with Crippen molar-refractivity contribution < 1.29 is 15.0 Å². The second kappa shape index (κ2) is 20.2. The van der Waals surface area contributed by atoms with Crippen LogP contribution in [0.5, 0.6) is 0 Å². The number of carboxylic acids is 1. The number of carbonyl (C=O) groups is 1. The van der Waals surface area contributed by atoms with Gasteiger partial charge in [-0.2, -0.15) is 0 Å². The van der Waals surface area contributed by atoms with Crippen molar-refractivity contribution in [3.05, 3.63) is 24.3 Å². The fourth-order valence-electron chi connectivity index (χ4n) is 2.86. The summed E-state index contributed by atoms with van der Waals surface area (Å²) in [4.78, 5) is 9.94. The molecule has 0 aromatic rings. The van der Waals surface area contributed by atoms with Crippen LogP contribution in [-0.4, -0.2) is 22.3 Å². The van der Waals surface area contributed by atoms with E-state index in [1.807, 2.05) is 32.9 Å². The third-order valence-corrected chi connectivity index (χ3v) is 4.42. The molecule has 2 N–H and O–H groups in total. The van der Waals surface area contributed by atoms with Gasteiger partial charge in [0.2, 0.25) is 0 Å². The average Bonchev–Trinajstić information content (AvgIpc) is 3.05. The zero-order valence-electron chi connectivity index (χ0n) is 17.9. The Balaban J connectivity index is 0. The number of aliphatic carboxylic acids is 1. The summed E-state index contributed by atoms with van der Waals surface area (Å²) in [7, 11) is 0. The molecule has 3 unspecified atom stereocenters. The minimum absolute atomic E-state index is 0.0324. The monoisotopic (exact) mass is 368 g/mol. The molecule has 1 fully saturated rings. The number of aliphatic hydroxyl groups is 1. The largest absolute Gasteiger partial charge is 0.481 e. The molecule has 3 atom stereocenters. The fourth-order valence-corrected chi connectivity index (χ4v) is 2.86. The predicted octanol–water partition coefficient (Wildman–Crippen LogP) is 6.76. The molecule has 0 heterocycles. The zero-order chi connectivity index (χ0) is 20.2. The highest BCUT2D eigenvalue weighted by Gasteiger charge is 2.20. The lowest BCUT2D eigenvalue weighted by atomic mass is 9.99. The molecule has 26 heavy (non-hydrogen) atoms. The first-order valence-corrected chi connectivity index (χ1v) is 10.7. The van der Waals surface area contributed by atoms with Crippen LogP contribution in [0.2, 0.25) is 0 Å². The lowest BCUT2D eigenvalue weighted by Crippen LogP contribution is -1.98. The van der Waals surface area contributed by atoms with E-state index in [9.17, 15) is 9.90 Å². The highest BCUT2D eigenvalue weighted by molar-refractivity contribution is 5.66. The van der Waals surface area contributed by atoms with Gasteiger partial charge in [-0.3, -0.25) is 4.79 Å². The number of unbranched alkanes of at least 4 members (excludes halogenated alkanes) is 3. The second-order valence-electron chi connectivity index (χ2n) is 6.94. The van der Waals surface area contributed by atoms with E-state index in [1.54, 1.807) is 0 Å². The summed E-state index contributed by atoms with van der Waals surface area (Å²) >= 11 is 0. The Morgan fingerprint density at radius 3 is 2.38 bits per heavy atom. The average molecular weight is 369 g/mol. The molecule has 0 aromatic heterocycles. The predicted molar refractivity (Wildman–Crippen MR) is 113 cm³/mol. The lowest BCUT2D eigenvalue weighted by molar-refractivity contribution is -0.137. The summed E-state index contributed by atoms with van der Waals surface area (Å²) in [6, 6.07) is 0. The van der Waals surface area contributed by atoms with Gasteiger partial charge in [-0.05, 0) is 57.3 Å². The molecule has 0 radical (unpaired) electrons. The maximum atomic E-state index is 9.94. The maximum Gasteiger partial charge on any atom is 0.303 e. The van der Waals surface area contributed by atoms with Crippen LogP contribution in [0.4, 0.5) is 0 Å². The van der Waals surface area contributed by atoms with E-state index in [4.69, 9.17) is 5.11 Å². The first-order chi connectivity index (χ1) is 12.5. The van der Waals surface area contributed by atoms with Gasteiger partial charge < -0.3 is 10.2 Å². The minimum atomic E-state index is -0.709. The van der Waals surface area contributed by atoms with Gasteiger partial charge >= 0.3 is 5.97 Å². The van der Waals surface area contributed by atoms with Crippen molar-refractivity contribution in [2.24, 2.45) is 11.8 Å². The third-order valence-electron chi connectivity index (χ3n) is 4.42. The second-order valence-corrected chi connectivity index (χ2v) is 6.94. The third kappa shape index (κ3) is 19.2. The molecule has 1 aliphatic rings. The molecule has 0 amide bonds. The smallest absolute Gasteiger partial charge is 0.303 e. The Labute approximate surface area is 162 Å². The highest BCUT2D eigenvalue weighted by atomic mass is 16.4. The summed E-state index contributed by atoms with van der Waals surface area (Å²) in [6.07, 6.45) is 19.0. The van der Waals surface area contributed by atoms with Gasteiger partial charge in [0.25, 0.3) is 0 Å². The van der Waals surface area contributed by atoms with Crippen LogP contribution in [0.15, 0.2) is 24.3 Å². The van der Waals surface area contributed by atoms with Crippen molar-refractivity contribution >= 4 is 5.97 Å². The Bertz CT molecular complexity index is 360. The van der Waals surface area contributed by atoms with Crippen LogP contribution in [-0.2, 0) is 4.79 Å². The summed E-state index contributed by atoms with van der Waals surface area (Å²) in [5, 5.41) is 17.6. The Morgan fingerprint density at radius 1 is 1.19 bits per heavy atom. The summed E-state index contributed by atoms with van der Waals surface area (Å²) in [5.74, 6) is 0.655. The normalized spacial score (nSPS) is 20.4. The minimum Gasteiger partial charge on any atom is -0.481 e. The van der Waals surface area contributed by atoms with Crippen molar-refractivity contribution in [3.63, 3.8) is 0 Å². The van der Waals surface area contributed by atoms with E-state index >= 15 is 0 Å². The van der Waals surface area contributed by atoms with Gasteiger partial charge in [-0.15, -0.1) is 0 Å².